The Bertz CT molecular complexity index is 320. The summed E-state index contributed by atoms with van der Waals surface area (Å²) in [5, 5.41) is 0. The van der Waals surface area contributed by atoms with Crippen molar-refractivity contribution < 1.29 is 0 Å². The van der Waals surface area contributed by atoms with Gasteiger partial charge in [-0.05, 0) is 24.5 Å². The number of rotatable bonds is 7. The standard InChI is InChI=1S/C14H20S/c1-4-7-8-9-10-12-11-13(5-2)15-14(12)6-3/h5-6,11H,2-4,7-10H2,1H3. The molecule has 0 bridgehead atoms. The molecule has 0 atom stereocenters. The largest absolute Gasteiger partial charge is 0.136 e. The Hall–Kier alpha value is -0.820. The van der Waals surface area contributed by atoms with Gasteiger partial charge in [-0.1, -0.05) is 51.5 Å². The normalized spacial score (nSPS) is 10.2. The maximum atomic E-state index is 3.86. The summed E-state index contributed by atoms with van der Waals surface area (Å²) in [5.41, 5.74) is 1.45. The lowest BCUT2D eigenvalue weighted by molar-refractivity contribution is 0.667. The van der Waals surface area contributed by atoms with E-state index in [9.17, 15) is 0 Å². The molecule has 0 N–H and O–H groups in total. The number of hydrogen-bond donors (Lipinski definition) is 0. The topological polar surface area (TPSA) is 0 Å². The van der Waals surface area contributed by atoms with Crippen molar-refractivity contribution in [3.8, 4) is 0 Å². The van der Waals surface area contributed by atoms with Gasteiger partial charge in [0.05, 0.1) is 0 Å². The molecule has 0 aromatic carbocycles. The van der Waals surface area contributed by atoms with E-state index in [4.69, 9.17) is 0 Å². The summed E-state index contributed by atoms with van der Waals surface area (Å²) < 4.78 is 0. The number of hydrogen-bond acceptors (Lipinski definition) is 1. The number of unbranched alkanes of at least 4 members (excludes halogenated alkanes) is 3. The van der Waals surface area contributed by atoms with Gasteiger partial charge in [-0.15, -0.1) is 11.3 Å². The molecule has 0 saturated carbocycles. The van der Waals surface area contributed by atoms with Crippen molar-refractivity contribution in [3.05, 3.63) is 34.5 Å². The third-order valence-electron chi connectivity index (χ3n) is 2.55. The van der Waals surface area contributed by atoms with Gasteiger partial charge < -0.3 is 0 Å². The average Bonchev–Trinajstić information content (AvgIpc) is 2.67. The second-order valence-electron chi connectivity index (χ2n) is 3.76. The third-order valence-corrected chi connectivity index (χ3v) is 3.72. The maximum absolute atomic E-state index is 3.86. The lowest BCUT2D eigenvalue weighted by Crippen LogP contribution is -1.85. The summed E-state index contributed by atoms with van der Waals surface area (Å²) in [5.74, 6) is 0. The molecule has 1 heteroatoms. The highest BCUT2D eigenvalue weighted by atomic mass is 32.1. The minimum Gasteiger partial charge on any atom is -0.136 e. The molecule has 82 valence electrons. The predicted molar refractivity (Wildman–Crippen MR) is 72.3 cm³/mol. The molecule has 0 aliphatic carbocycles. The van der Waals surface area contributed by atoms with Crippen LogP contribution in [0.25, 0.3) is 12.2 Å². The van der Waals surface area contributed by atoms with Crippen LogP contribution in [0, 0.1) is 0 Å². The van der Waals surface area contributed by atoms with Gasteiger partial charge >= 0.3 is 0 Å². The molecule has 0 aliphatic rings. The minimum atomic E-state index is 1.19. The van der Waals surface area contributed by atoms with Gasteiger partial charge in [0, 0.05) is 9.75 Å². The van der Waals surface area contributed by atoms with Crippen molar-refractivity contribution in [3.63, 3.8) is 0 Å². The summed E-state index contributed by atoms with van der Waals surface area (Å²) >= 11 is 1.79. The fourth-order valence-electron chi connectivity index (χ4n) is 1.68. The zero-order chi connectivity index (χ0) is 11.1. The van der Waals surface area contributed by atoms with Crippen LogP contribution >= 0.6 is 11.3 Å². The molecule has 0 unspecified atom stereocenters. The SMILES string of the molecule is C=Cc1cc(CCCCCC)c(C=C)s1. The lowest BCUT2D eigenvalue weighted by Gasteiger charge is -1.99. The summed E-state index contributed by atoms with van der Waals surface area (Å²) in [6.45, 7) is 9.91. The first-order chi connectivity index (χ1) is 7.31. The Labute approximate surface area is 97.3 Å². The second-order valence-corrected chi connectivity index (χ2v) is 4.87. The van der Waals surface area contributed by atoms with Gasteiger partial charge in [0.15, 0.2) is 0 Å². The van der Waals surface area contributed by atoms with Crippen LogP contribution in [0.15, 0.2) is 19.2 Å². The van der Waals surface area contributed by atoms with Gasteiger partial charge in [0.25, 0.3) is 0 Å². The van der Waals surface area contributed by atoms with Crippen LogP contribution < -0.4 is 0 Å². The molecule has 15 heavy (non-hydrogen) atoms. The van der Waals surface area contributed by atoms with Crippen LogP contribution in [0.5, 0.6) is 0 Å². The fraction of sp³-hybridized carbons (Fsp3) is 0.429. The molecular weight excluding hydrogens is 200 g/mol. The van der Waals surface area contributed by atoms with Gasteiger partial charge in [-0.3, -0.25) is 0 Å². The molecule has 1 heterocycles. The summed E-state index contributed by atoms with van der Waals surface area (Å²) in [6, 6.07) is 2.25. The summed E-state index contributed by atoms with van der Waals surface area (Å²) in [6.07, 6.45) is 10.4. The van der Waals surface area contributed by atoms with E-state index in [1.165, 1.54) is 47.4 Å². The van der Waals surface area contributed by atoms with Gasteiger partial charge in [0.2, 0.25) is 0 Å². The molecule has 0 amide bonds. The lowest BCUT2D eigenvalue weighted by atomic mass is 10.1. The van der Waals surface area contributed by atoms with Crippen LogP contribution in [0.4, 0.5) is 0 Å². The van der Waals surface area contributed by atoms with E-state index in [2.05, 4.69) is 26.1 Å². The molecule has 0 radical (unpaired) electrons. The molecule has 0 aliphatic heterocycles. The van der Waals surface area contributed by atoms with Crippen molar-refractivity contribution in [2.75, 3.05) is 0 Å². The van der Waals surface area contributed by atoms with Crippen molar-refractivity contribution in [1.82, 2.24) is 0 Å². The second kappa shape index (κ2) is 6.62. The van der Waals surface area contributed by atoms with Gasteiger partial charge in [-0.25, -0.2) is 0 Å². The smallest absolute Gasteiger partial charge is 0.0302 e. The van der Waals surface area contributed by atoms with Crippen molar-refractivity contribution >= 4 is 23.5 Å². The Morgan fingerprint density at radius 3 is 2.60 bits per heavy atom. The Balaban J connectivity index is 2.54. The van der Waals surface area contributed by atoms with Gasteiger partial charge in [0.1, 0.15) is 0 Å². The van der Waals surface area contributed by atoms with Crippen LogP contribution in [-0.2, 0) is 6.42 Å². The van der Waals surface area contributed by atoms with Crippen LogP contribution in [0.3, 0.4) is 0 Å². The zero-order valence-electron chi connectivity index (χ0n) is 9.59. The number of thiophene rings is 1. The van der Waals surface area contributed by atoms with E-state index in [1.807, 2.05) is 12.2 Å². The Morgan fingerprint density at radius 1 is 1.20 bits per heavy atom. The van der Waals surface area contributed by atoms with Crippen molar-refractivity contribution in [2.45, 2.75) is 39.0 Å². The molecule has 1 rings (SSSR count). The Kier molecular flexibility index (Phi) is 5.41. The average molecular weight is 220 g/mol. The predicted octanol–water partition coefficient (Wildman–Crippen LogP) is 5.16. The van der Waals surface area contributed by atoms with E-state index in [0.29, 0.717) is 0 Å². The van der Waals surface area contributed by atoms with Crippen molar-refractivity contribution in [2.24, 2.45) is 0 Å². The first kappa shape index (κ1) is 12.3. The zero-order valence-corrected chi connectivity index (χ0v) is 10.4. The molecular formula is C14H20S. The Morgan fingerprint density at radius 2 is 2.00 bits per heavy atom. The molecule has 1 aromatic rings. The molecule has 0 fully saturated rings. The molecule has 1 aromatic heterocycles. The van der Waals surface area contributed by atoms with E-state index >= 15 is 0 Å². The summed E-state index contributed by atoms with van der Waals surface area (Å²) in [4.78, 5) is 2.58. The highest BCUT2D eigenvalue weighted by Crippen LogP contribution is 2.26. The van der Waals surface area contributed by atoms with E-state index in [0.717, 1.165) is 0 Å². The first-order valence-corrected chi connectivity index (χ1v) is 6.51. The van der Waals surface area contributed by atoms with E-state index in [-0.39, 0.29) is 0 Å². The molecule has 0 spiro atoms. The summed E-state index contributed by atoms with van der Waals surface area (Å²) in [7, 11) is 0. The van der Waals surface area contributed by atoms with Crippen molar-refractivity contribution in [1.29, 1.82) is 0 Å². The highest BCUT2D eigenvalue weighted by Gasteiger charge is 2.04. The monoisotopic (exact) mass is 220 g/mol. The first-order valence-electron chi connectivity index (χ1n) is 5.69. The third kappa shape index (κ3) is 3.67. The fourth-order valence-corrected chi connectivity index (χ4v) is 2.59. The van der Waals surface area contributed by atoms with E-state index in [1.54, 1.807) is 11.3 Å². The number of aryl methyl sites for hydroxylation is 1. The van der Waals surface area contributed by atoms with E-state index < -0.39 is 0 Å². The maximum Gasteiger partial charge on any atom is 0.0302 e. The highest BCUT2D eigenvalue weighted by molar-refractivity contribution is 7.13. The van der Waals surface area contributed by atoms with Crippen LogP contribution in [-0.4, -0.2) is 0 Å². The van der Waals surface area contributed by atoms with Crippen LogP contribution in [0.2, 0.25) is 0 Å². The quantitative estimate of drug-likeness (QED) is 0.557. The van der Waals surface area contributed by atoms with Crippen LogP contribution in [0.1, 0.15) is 47.9 Å². The minimum absolute atomic E-state index is 1.19. The van der Waals surface area contributed by atoms with Gasteiger partial charge in [-0.2, -0.15) is 0 Å². The molecule has 0 nitrogen and oxygen atoms in total. The molecule has 0 saturated heterocycles.